The van der Waals surface area contributed by atoms with E-state index in [-0.39, 0.29) is 23.4 Å². The lowest BCUT2D eigenvalue weighted by molar-refractivity contribution is -0.143. The van der Waals surface area contributed by atoms with Gasteiger partial charge in [-0.3, -0.25) is 14.4 Å². The number of aromatic nitrogens is 1. The van der Waals surface area contributed by atoms with Crippen molar-refractivity contribution in [2.24, 2.45) is 5.92 Å². The molecule has 1 aromatic heterocycles. The number of carbonyl (C=O) groups excluding carboxylic acids is 3. The molecule has 0 spiro atoms. The second-order valence-electron chi connectivity index (χ2n) is 6.95. The van der Waals surface area contributed by atoms with Crippen molar-refractivity contribution in [1.29, 1.82) is 0 Å². The van der Waals surface area contributed by atoms with Crippen molar-refractivity contribution in [1.82, 2.24) is 4.98 Å². The van der Waals surface area contributed by atoms with E-state index in [1.807, 2.05) is 24.3 Å². The number of amides is 1. The Morgan fingerprint density at radius 2 is 1.77 bits per heavy atom. The molecule has 6 nitrogen and oxygen atoms in total. The van der Waals surface area contributed by atoms with E-state index in [1.54, 1.807) is 45.0 Å². The van der Waals surface area contributed by atoms with Gasteiger partial charge >= 0.3 is 5.97 Å². The summed E-state index contributed by atoms with van der Waals surface area (Å²) in [4.78, 5) is 40.9. The van der Waals surface area contributed by atoms with E-state index in [0.717, 1.165) is 14.6 Å². The number of hydrogen-bond acceptors (Lipinski definition) is 7. The molecule has 0 radical (unpaired) electrons. The topological polar surface area (TPSA) is 85.4 Å². The van der Waals surface area contributed by atoms with E-state index in [1.165, 1.54) is 23.1 Å². The first-order chi connectivity index (χ1) is 14.3. The summed E-state index contributed by atoms with van der Waals surface area (Å²) >= 11 is 2.81. The first-order valence-electron chi connectivity index (χ1n) is 9.46. The molecule has 1 unspecified atom stereocenters. The summed E-state index contributed by atoms with van der Waals surface area (Å²) in [5.41, 5.74) is 1.92. The minimum Gasteiger partial charge on any atom is -0.454 e. The SMILES string of the molecule is CC(C)C(=O)Nc1ccc(C(=O)C(C)OC(=O)CSc2nc3ccccc3s2)cc1. The number of ketones is 1. The number of fused-ring (bicyclic) bond motifs is 1. The van der Waals surface area contributed by atoms with E-state index in [2.05, 4.69) is 10.3 Å². The number of anilines is 1. The third-order valence-corrected chi connectivity index (χ3v) is 6.38. The Balaban J connectivity index is 1.51. The van der Waals surface area contributed by atoms with E-state index in [0.29, 0.717) is 11.3 Å². The first kappa shape index (κ1) is 22.0. The number of nitrogens with zero attached hydrogens (tertiary/aromatic N) is 1. The summed E-state index contributed by atoms with van der Waals surface area (Å²) in [6, 6.07) is 14.3. The van der Waals surface area contributed by atoms with Gasteiger partial charge in [0, 0.05) is 17.2 Å². The zero-order valence-electron chi connectivity index (χ0n) is 16.9. The molecule has 0 bridgehead atoms. The smallest absolute Gasteiger partial charge is 0.317 e. The van der Waals surface area contributed by atoms with Crippen molar-refractivity contribution in [3.05, 3.63) is 54.1 Å². The quantitative estimate of drug-likeness (QED) is 0.306. The Hall–Kier alpha value is -2.71. The zero-order valence-corrected chi connectivity index (χ0v) is 18.5. The van der Waals surface area contributed by atoms with Crippen LogP contribution in [0.15, 0.2) is 52.9 Å². The lowest BCUT2D eigenvalue weighted by Crippen LogP contribution is -2.25. The number of rotatable bonds is 8. The molecule has 1 amide bonds. The van der Waals surface area contributed by atoms with Gasteiger partial charge in [-0.15, -0.1) is 11.3 Å². The number of hydrogen-bond donors (Lipinski definition) is 1. The molecule has 3 rings (SSSR count). The van der Waals surface area contributed by atoms with Crippen molar-refractivity contribution < 1.29 is 19.1 Å². The van der Waals surface area contributed by atoms with Gasteiger partial charge in [-0.1, -0.05) is 37.7 Å². The number of nitrogens with one attached hydrogen (secondary N) is 1. The highest BCUT2D eigenvalue weighted by Gasteiger charge is 2.20. The fraction of sp³-hybridized carbons (Fsp3) is 0.273. The summed E-state index contributed by atoms with van der Waals surface area (Å²) in [7, 11) is 0. The molecule has 0 saturated heterocycles. The van der Waals surface area contributed by atoms with Crippen molar-refractivity contribution in [2.75, 3.05) is 11.1 Å². The molecule has 3 aromatic rings. The number of ether oxygens (including phenoxy) is 1. The molecule has 0 aliphatic heterocycles. The van der Waals surface area contributed by atoms with Crippen molar-refractivity contribution in [3.63, 3.8) is 0 Å². The van der Waals surface area contributed by atoms with Gasteiger partial charge in [0.05, 0.1) is 16.0 Å². The monoisotopic (exact) mass is 442 g/mol. The highest BCUT2D eigenvalue weighted by molar-refractivity contribution is 8.01. The predicted molar refractivity (Wildman–Crippen MR) is 120 cm³/mol. The molecule has 2 aromatic carbocycles. The van der Waals surface area contributed by atoms with Crippen LogP contribution >= 0.6 is 23.1 Å². The van der Waals surface area contributed by atoms with Crippen LogP contribution in [-0.4, -0.2) is 34.5 Å². The maximum atomic E-state index is 12.5. The largest absolute Gasteiger partial charge is 0.454 e. The van der Waals surface area contributed by atoms with Gasteiger partial charge in [0.15, 0.2) is 10.4 Å². The van der Waals surface area contributed by atoms with Crippen LogP contribution in [0, 0.1) is 5.92 Å². The van der Waals surface area contributed by atoms with Gasteiger partial charge in [-0.25, -0.2) is 4.98 Å². The fourth-order valence-corrected chi connectivity index (χ4v) is 4.41. The minimum absolute atomic E-state index is 0.0810. The Labute approximate surface area is 183 Å². The van der Waals surface area contributed by atoms with Crippen LogP contribution < -0.4 is 5.32 Å². The molecular weight excluding hydrogens is 420 g/mol. The summed E-state index contributed by atoms with van der Waals surface area (Å²) < 4.78 is 7.13. The van der Waals surface area contributed by atoms with Gasteiger partial charge in [0.25, 0.3) is 0 Å². The number of para-hydroxylation sites is 1. The first-order valence-corrected chi connectivity index (χ1v) is 11.3. The summed E-state index contributed by atoms with van der Waals surface area (Å²) in [5, 5.41) is 2.77. The normalized spacial score (nSPS) is 12.0. The molecule has 8 heteroatoms. The van der Waals surface area contributed by atoms with Crippen LogP contribution in [0.5, 0.6) is 0 Å². The lowest BCUT2D eigenvalue weighted by atomic mass is 10.1. The van der Waals surface area contributed by atoms with Crippen LogP contribution in [0.2, 0.25) is 0 Å². The molecule has 1 atom stereocenters. The second-order valence-corrected chi connectivity index (χ2v) is 9.21. The number of carbonyl (C=O) groups is 3. The Morgan fingerprint density at radius 3 is 2.43 bits per heavy atom. The summed E-state index contributed by atoms with van der Waals surface area (Å²) in [5.74, 6) is -0.915. The molecular formula is C22H22N2O4S2. The maximum absolute atomic E-state index is 12.5. The standard InChI is InChI=1S/C22H22N2O4S2/c1-13(2)21(27)23-16-10-8-15(9-11-16)20(26)14(3)28-19(25)12-29-22-24-17-6-4-5-7-18(17)30-22/h4-11,13-14H,12H2,1-3H3,(H,23,27). The molecule has 1 N–H and O–H groups in total. The van der Waals surface area contributed by atoms with Gasteiger partial charge in [-0.2, -0.15) is 0 Å². The van der Waals surface area contributed by atoms with Crippen LogP contribution in [0.3, 0.4) is 0 Å². The van der Waals surface area contributed by atoms with Crippen molar-refractivity contribution in [2.45, 2.75) is 31.2 Å². The summed E-state index contributed by atoms with van der Waals surface area (Å²) in [6.45, 7) is 5.16. The average Bonchev–Trinajstić information content (AvgIpc) is 3.15. The van der Waals surface area contributed by atoms with E-state index >= 15 is 0 Å². The highest BCUT2D eigenvalue weighted by atomic mass is 32.2. The van der Waals surface area contributed by atoms with Gasteiger partial charge in [0.1, 0.15) is 0 Å². The molecule has 1 heterocycles. The summed E-state index contributed by atoms with van der Waals surface area (Å²) in [6.07, 6.45) is -0.899. The third-order valence-electron chi connectivity index (χ3n) is 4.23. The maximum Gasteiger partial charge on any atom is 0.317 e. The third kappa shape index (κ3) is 5.67. The Kier molecular flexibility index (Phi) is 7.23. The minimum atomic E-state index is -0.899. The second kappa shape index (κ2) is 9.86. The molecule has 30 heavy (non-hydrogen) atoms. The number of esters is 1. The molecule has 0 aliphatic carbocycles. The van der Waals surface area contributed by atoms with Crippen LogP contribution in [0.25, 0.3) is 10.2 Å². The fourth-order valence-electron chi connectivity index (χ4n) is 2.56. The van der Waals surface area contributed by atoms with E-state index < -0.39 is 12.1 Å². The van der Waals surface area contributed by atoms with Gasteiger partial charge < -0.3 is 10.1 Å². The van der Waals surface area contributed by atoms with Crippen LogP contribution in [-0.2, 0) is 14.3 Å². The highest BCUT2D eigenvalue weighted by Crippen LogP contribution is 2.29. The van der Waals surface area contributed by atoms with Crippen molar-refractivity contribution >= 4 is 56.7 Å². The predicted octanol–water partition coefficient (Wildman–Crippen LogP) is 4.80. The lowest BCUT2D eigenvalue weighted by Gasteiger charge is -2.13. The van der Waals surface area contributed by atoms with Crippen LogP contribution in [0.1, 0.15) is 31.1 Å². The number of thioether (sulfide) groups is 1. The molecule has 0 aliphatic rings. The number of benzene rings is 2. The zero-order chi connectivity index (χ0) is 21.7. The van der Waals surface area contributed by atoms with Crippen molar-refractivity contribution in [3.8, 4) is 0 Å². The van der Waals surface area contributed by atoms with Gasteiger partial charge in [0.2, 0.25) is 11.7 Å². The molecule has 0 fully saturated rings. The molecule has 156 valence electrons. The van der Waals surface area contributed by atoms with Crippen LogP contribution in [0.4, 0.5) is 5.69 Å². The van der Waals surface area contributed by atoms with E-state index in [9.17, 15) is 14.4 Å². The Bertz CT molecular complexity index is 1030. The number of thiazole rings is 1. The Morgan fingerprint density at radius 1 is 1.07 bits per heavy atom. The molecule has 0 saturated carbocycles. The van der Waals surface area contributed by atoms with Gasteiger partial charge in [-0.05, 0) is 43.3 Å². The number of Topliss-reactive ketones (excluding diaryl/α,β-unsaturated/α-hetero) is 1. The van der Waals surface area contributed by atoms with E-state index in [4.69, 9.17) is 4.74 Å². The average molecular weight is 443 g/mol.